The van der Waals surface area contributed by atoms with Gasteiger partial charge < -0.3 is 20.8 Å². The molecule has 0 spiro atoms. The molecule has 1 amide bonds. The van der Waals surface area contributed by atoms with Crippen molar-refractivity contribution in [2.75, 3.05) is 33.1 Å². The van der Waals surface area contributed by atoms with Gasteiger partial charge in [0.25, 0.3) is 0 Å². The number of primary amides is 1. The number of carbonyl (C=O) groups is 6. The molecule has 0 bridgehead atoms. The van der Waals surface area contributed by atoms with Gasteiger partial charge in [-0.15, -0.1) is 0 Å². The number of ketones is 5. The lowest BCUT2D eigenvalue weighted by Crippen LogP contribution is -2.74. The van der Waals surface area contributed by atoms with E-state index in [2.05, 4.69) is 0 Å². The molecule has 11 nitrogen and oxygen atoms in total. The Kier molecular flexibility index (Phi) is 6.36. The largest absolute Gasteiger partial charge is 0.506 e. The minimum atomic E-state index is -2.78. The third kappa shape index (κ3) is 3.55. The van der Waals surface area contributed by atoms with Crippen LogP contribution in [0.5, 0.6) is 5.75 Å². The molecule has 1 aromatic carbocycles. The molecule has 1 aromatic rings. The molecule has 2 saturated carbocycles. The van der Waals surface area contributed by atoms with Crippen molar-refractivity contribution in [1.29, 1.82) is 0 Å². The van der Waals surface area contributed by atoms with Crippen molar-refractivity contribution in [2.45, 2.75) is 37.8 Å². The zero-order chi connectivity index (χ0) is 27.7. The topological polar surface area (TPSA) is 175 Å². The van der Waals surface area contributed by atoms with Gasteiger partial charge in [0.2, 0.25) is 5.91 Å². The Hall–Kier alpha value is -3.44. The van der Waals surface area contributed by atoms with Gasteiger partial charge >= 0.3 is 0 Å². The summed E-state index contributed by atoms with van der Waals surface area (Å²) in [6.07, 6.45) is 0.170. The Bertz CT molecular complexity index is 1270. The number of aliphatic hydroxyl groups is 1. The third-order valence-corrected chi connectivity index (χ3v) is 8.14. The number of aromatic hydroxyl groups is 1. The Morgan fingerprint density at radius 1 is 1.11 bits per heavy atom. The minimum Gasteiger partial charge on any atom is -0.506 e. The first-order valence-electron chi connectivity index (χ1n) is 12.1. The number of nitrogens with zero attached hydrogens (tertiary/aromatic N) is 2. The van der Waals surface area contributed by atoms with E-state index in [0.717, 1.165) is 0 Å². The smallest absolute Gasteiger partial charge is 0.235 e. The molecule has 0 radical (unpaired) electrons. The molecule has 4 unspecified atom stereocenters. The predicted molar refractivity (Wildman–Crippen MR) is 130 cm³/mol. The van der Waals surface area contributed by atoms with Gasteiger partial charge in [-0.3, -0.25) is 33.7 Å². The highest BCUT2D eigenvalue weighted by molar-refractivity contribution is 6.32. The SMILES string of the molecule is CCC(=O)c1cc(N(C)C)c2c(c1O)C(=O)C1C(=O)[C@]3(O)C(=O)C(C(N)=O)C(=O)[C@@H](N(C)C)C3CC1C2. The van der Waals surface area contributed by atoms with E-state index in [4.69, 9.17) is 5.73 Å². The summed E-state index contributed by atoms with van der Waals surface area (Å²) < 4.78 is 0. The van der Waals surface area contributed by atoms with Crippen LogP contribution in [-0.4, -0.2) is 89.8 Å². The van der Waals surface area contributed by atoms with Crippen molar-refractivity contribution in [3.8, 4) is 5.75 Å². The van der Waals surface area contributed by atoms with Crippen LogP contribution in [0, 0.1) is 23.7 Å². The zero-order valence-electron chi connectivity index (χ0n) is 21.4. The number of fused-ring (bicyclic) bond motifs is 3. The van der Waals surface area contributed by atoms with Gasteiger partial charge in [0.1, 0.15) is 5.75 Å². The summed E-state index contributed by atoms with van der Waals surface area (Å²) in [7, 11) is 6.50. The number of phenolic OH excluding ortho intramolecular Hbond substituents is 1. The Balaban J connectivity index is 1.92. The van der Waals surface area contributed by atoms with Gasteiger partial charge in [-0.05, 0) is 44.5 Å². The normalized spacial score (nSPS) is 31.1. The molecule has 3 aliphatic rings. The maximum absolute atomic E-state index is 13.9. The monoisotopic (exact) mass is 513 g/mol. The van der Waals surface area contributed by atoms with Crippen molar-refractivity contribution >= 4 is 40.5 Å². The number of rotatable bonds is 5. The van der Waals surface area contributed by atoms with Crippen molar-refractivity contribution in [1.82, 2.24) is 4.90 Å². The molecule has 0 heterocycles. The van der Waals surface area contributed by atoms with Crippen LogP contribution in [0.1, 0.15) is 46.0 Å². The average Bonchev–Trinajstić information content (AvgIpc) is 2.80. The standard InChI is InChI=1S/C26H31N3O8/c1-6-15(30)12-9-14(28(2)3)11-7-10-8-13-19(29(4)5)22(33)18(25(27)36)24(35)26(13,37)23(34)16(10)21(32)17(11)20(12)31/h9-10,13,16,18-19,31,37H,6-8H2,1-5H3,(H2,27,36)/t10?,13?,16?,18?,19-,26-/m0/s1. The molecule has 0 aliphatic heterocycles. The van der Waals surface area contributed by atoms with Crippen molar-refractivity contribution in [3.63, 3.8) is 0 Å². The predicted octanol–water partition coefficient (Wildman–Crippen LogP) is -0.474. The summed E-state index contributed by atoms with van der Waals surface area (Å²) in [5.74, 6) is -11.7. The van der Waals surface area contributed by atoms with Crippen LogP contribution >= 0.6 is 0 Å². The van der Waals surface area contributed by atoms with Crippen LogP contribution in [-0.2, 0) is 25.6 Å². The second kappa shape index (κ2) is 8.84. The van der Waals surface area contributed by atoms with Gasteiger partial charge in [-0.1, -0.05) is 6.92 Å². The summed E-state index contributed by atoms with van der Waals surface area (Å²) in [5, 5.41) is 22.6. The summed E-state index contributed by atoms with van der Waals surface area (Å²) >= 11 is 0. The van der Waals surface area contributed by atoms with Crippen LogP contribution in [0.2, 0.25) is 0 Å². The highest BCUT2D eigenvalue weighted by Crippen LogP contribution is 2.52. The van der Waals surface area contributed by atoms with Crippen LogP contribution < -0.4 is 10.6 Å². The lowest BCUT2D eigenvalue weighted by Gasteiger charge is -2.52. The second-order valence-electron chi connectivity index (χ2n) is 10.6. The molecule has 11 heteroatoms. The molecule has 2 fully saturated rings. The number of nitrogens with two attached hydrogens (primary N) is 1. The lowest BCUT2D eigenvalue weighted by atomic mass is 9.52. The number of benzene rings is 1. The van der Waals surface area contributed by atoms with E-state index in [1.807, 2.05) is 0 Å². The van der Waals surface area contributed by atoms with Crippen LogP contribution in [0.25, 0.3) is 0 Å². The number of phenols is 1. The third-order valence-electron chi connectivity index (χ3n) is 8.14. The maximum atomic E-state index is 13.9. The fraction of sp³-hybridized carbons (Fsp3) is 0.538. The van der Waals surface area contributed by atoms with E-state index in [0.29, 0.717) is 11.3 Å². The first-order valence-corrected chi connectivity index (χ1v) is 12.1. The molecular weight excluding hydrogens is 482 g/mol. The number of carbonyl (C=O) groups excluding carboxylic acids is 6. The van der Waals surface area contributed by atoms with E-state index >= 15 is 0 Å². The maximum Gasteiger partial charge on any atom is 0.235 e. The summed E-state index contributed by atoms with van der Waals surface area (Å²) in [6.45, 7) is 1.61. The number of amides is 1. The van der Waals surface area contributed by atoms with E-state index in [9.17, 15) is 39.0 Å². The Morgan fingerprint density at radius 3 is 2.24 bits per heavy atom. The van der Waals surface area contributed by atoms with Gasteiger partial charge in [0.05, 0.1) is 23.1 Å². The van der Waals surface area contributed by atoms with Gasteiger partial charge in [-0.2, -0.15) is 0 Å². The van der Waals surface area contributed by atoms with Gasteiger partial charge in [-0.25, -0.2) is 0 Å². The molecule has 3 aliphatic carbocycles. The van der Waals surface area contributed by atoms with Crippen molar-refractivity contribution in [2.24, 2.45) is 29.4 Å². The second-order valence-corrected chi connectivity index (χ2v) is 10.6. The number of hydrogen-bond acceptors (Lipinski definition) is 10. The number of Topliss-reactive ketones (excluding diaryl/α,β-unsaturated/α-hetero) is 5. The first-order chi connectivity index (χ1) is 17.2. The minimum absolute atomic E-state index is 0.0346. The molecule has 4 N–H and O–H groups in total. The number of hydrogen-bond donors (Lipinski definition) is 3. The van der Waals surface area contributed by atoms with Gasteiger partial charge in [0.15, 0.2) is 40.4 Å². The summed E-state index contributed by atoms with van der Waals surface area (Å²) in [4.78, 5) is 81.9. The Morgan fingerprint density at radius 2 is 1.73 bits per heavy atom. The average molecular weight is 514 g/mol. The Labute approximate surface area is 213 Å². The summed E-state index contributed by atoms with van der Waals surface area (Å²) in [6, 6.07) is 0.357. The lowest BCUT2D eigenvalue weighted by molar-refractivity contribution is -0.181. The fourth-order valence-electron chi connectivity index (χ4n) is 6.45. The van der Waals surface area contributed by atoms with E-state index in [-0.39, 0.29) is 30.4 Å². The van der Waals surface area contributed by atoms with E-state index in [1.54, 1.807) is 25.9 Å². The molecule has 6 atom stereocenters. The van der Waals surface area contributed by atoms with Crippen LogP contribution in [0.15, 0.2) is 6.07 Å². The molecule has 0 aromatic heterocycles. The fourth-order valence-corrected chi connectivity index (χ4v) is 6.45. The summed E-state index contributed by atoms with van der Waals surface area (Å²) in [5.41, 5.74) is 3.27. The molecule has 198 valence electrons. The number of likely N-dealkylation sites (N-methyl/N-ethyl adjacent to an activating group) is 1. The highest BCUT2D eigenvalue weighted by atomic mass is 16.3. The zero-order valence-corrected chi connectivity index (χ0v) is 21.4. The van der Waals surface area contributed by atoms with E-state index < -0.39 is 75.9 Å². The van der Waals surface area contributed by atoms with Crippen LogP contribution in [0.3, 0.4) is 0 Å². The van der Waals surface area contributed by atoms with Crippen molar-refractivity contribution < 1.29 is 39.0 Å². The number of anilines is 1. The van der Waals surface area contributed by atoms with Crippen molar-refractivity contribution in [3.05, 3.63) is 22.8 Å². The van der Waals surface area contributed by atoms with Crippen LogP contribution in [0.4, 0.5) is 5.69 Å². The highest BCUT2D eigenvalue weighted by Gasteiger charge is 2.69. The molecule has 37 heavy (non-hydrogen) atoms. The molecular formula is C26H31N3O8. The molecule has 0 saturated heterocycles. The quantitative estimate of drug-likeness (QED) is 0.345. The van der Waals surface area contributed by atoms with Gasteiger partial charge in [0, 0.05) is 32.1 Å². The first kappa shape index (κ1) is 26.6. The van der Waals surface area contributed by atoms with E-state index in [1.165, 1.54) is 25.1 Å². The molecule has 4 rings (SSSR count).